The predicted molar refractivity (Wildman–Crippen MR) is 94.1 cm³/mol. The van der Waals surface area contributed by atoms with Gasteiger partial charge in [0.1, 0.15) is 11.1 Å². The minimum atomic E-state index is -0.256. The number of hydrogen-bond acceptors (Lipinski definition) is 4. The van der Waals surface area contributed by atoms with E-state index in [1.54, 1.807) is 17.9 Å². The molecule has 0 aliphatic heterocycles. The maximum Gasteiger partial charge on any atom is 0.277 e. The van der Waals surface area contributed by atoms with Crippen molar-refractivity contribution in [1.82, 2.24) is 9.78 Å². The zero-order chi connectivity index (χ0) is 15.9. The maximum atomic E-state index is 12.4. The van der Waals surface area contributed by atoms with Gasteiger partial charge in [0, 0.05) is 18.1 Å². The molecule has 1 amide bonds. The number of nitriles is 1. The molecule has 0 bridgehead atoms. The Bertz CT molecular complexity index is 786. The highest BCUT2D eigenvalue weighted by atomic mass is 127. The van der Waals surface area contributed by atoms with Gasteiger partial charge in [0.25, 0.3) is 5.91 Å². The first-order chi connectivity index (χ1) is 10.5. The van der Waals surface area contributed by atoms with E-state index in [-0.39, 0.29) is 5.91 Å². The van der Waals surface area contributed by atoms with Gasteiger partial charge in [-0.1, -0.05) is 6.92 Å². The molecule has 0 saturated heterocycles. The number of fused-ring (bicyclic) bond motifs is 1. The summed E-state index contributed by atoms with van der Waals surface area (Å²) in [4.78, 5) is 13.6. The maximum absolute atomic E-state index is 12.4. The summed E-state index contributed by atoms with van der Waals surface area (Å²) in [7, 11) is 1.78. The van der Waals surface area contributed by atoms with E-state index in [0.29, 0.717) is 22.2 Å². The number of amides is 1. The molecule has 1 aliphatic rings. The van der Waals surface area contributed by atoms with E-state index in [1.807, 2.05) is 0 Å². The second-order valence-electron chi connectivity index (χ2n) is 5.62. The minimum absolute atomic E-state index is 0.256. The van der Waals surface area contributed by atoms with Crippen molar-refractivity contribution in [2.75, 3.05) is 5.32 Å². The minimum Gasteiger partial charge on any atom is -0.311 e. The molecule has 1 atom stereocenters. The Labute approximate surface area is 146 Å². The number of anilines is 1. The van der Waals surface area contributed by atoms with Gasteiger partial charge in [0.05, 0.1) is 9.13 Å². The number of aromatic nitrogens is 2. The van der Waals surface area contributed by atoms with E-state index < -0.39 is 0 Å². The van der Waals surface area contributed by atoms with Crippen LogP contribution in [0.5, 0.6) is 0 Å². The summed E-state index contributed by atoms with van der Waals surface area (Å²) in [5.41, 5.74) is 2.15. The molecular weight excluding hydrogens is 411 g/mol. The average Bonchev–Trinajstić information content (AvgIpc) is 2.97. The van der Waals surface area contributed by atoms with Crippen molar-refractivity contribution in [1.29, 1.82) is 5.26 Å². The van der Waals surface area contributed by atoms with E-state index in [9.17, 15) is 10.1 Å². The lowest BCUT2D eigenvalue weighted by molar-refractivity contribution is 0.102. The van der Waals surface area contributed by atoms with Crippen LogP contribution in [0.1, 0.15) is 39.8 Å². The highest BCUT2D eigenvalue weighted by Gasteiger charge is 2.25. The Balaban J connectivity index is 1.91. The Kier molecular flexibility index (Phi) is 4.23. The van der Waals surface area contributed by atoms with Gasteiger partial charge in [0.15, 0.2) is 5.69 Å². The van der Waals surface area contributed by atoms with Gasteiger partial charge < -0.3 is 5.32 Å². The third-order valence-corrected chi connectivity index (χ3v) is 5.81. The molecule has 0 aromatic carbocycles. The molecule has 2 aromatic heterocycles. The smallest absolute Gasteiger partial charge is 0.277 e. The van der Waals surface area contributed by atoms with Gasteiger partial charge in [-0.3, -0.25) is 9.48 Å². The van der Waals surface area contributed by atoms with Crippen LogP contribution in [-0.2, 0) is 19.9 Å². The van der Waals surface area contributed by atoms with Gasteiger partial charge in [-0.25, -0.2) is 0 Å². The first kappa shape index (κ1) is 15.5. The summed E-state index contributed by atoms with van der Waals surface area (Å²) < 4.78 is 2.41. The molecule has 0 spiro atoms. The number of nitrogens with one attached hydrogen (secondary N) is 1. The fourth-order valence-electron chi connectivity index (χ4n) is 2.73. The summed E-state index contributed by atoms with van der Waals surface area (Å²) in [5, 5.41) is 17.2. The van der Waals surface area contributed by atoms with Gasteiger partial charge in [0.2, 0.25) is 0 Å². The molecule has 0 fully saturated rings. The van der Waals surface area contributed by atoms with E-state index in [2.05, 4.69) is 46.0 Å². The molecule has 0 saturated carbocycles. The summed E-state index contributed by atoms with van der Waals surface area (Å²) in [6, 6.07) is 2.26. The largest absolute Gasteiger partial charge is 0.311 e. The fraction of sp³-hybridized carbons (Fsp3) is 0.400. The van der Waals surface area contributed by atoms with E-state index in [4.69, 9.17) is 0 Å². The summed E-state index contributed by atoms with van der Waals surface area (Å²) in [6.07, 6.45) is 4.81. The number of carbonyl (C=O) groups is 1. The highest BCUT2D eigenvalue weighted by Crippen LogP contribution is 2.39. The Hall–Kier alpha value is -1.40. The Morgan fingerprint density at radius 3 is 3.05 bits per heavy atom. The third kappa shape index (κ3) is 2.77. The van der Waals surface area contributed by atoms with Crippen LogP contribution in [0.3, 0.4) is 0 Å². The summed E-state index contributed by atoms with van der Waals surface area (Å²) in [5.74, 6) is 0.381. The SMILES string of the molecule is CC1CCc2c(sc(NC(=O)c3nn(C)cc3I)c2C#N)C1. The first-order valence-electron chi connectivity index (χ1n) is 7.04. The molecule has 7 heteroatoms. The number of halogens is 1. The van der Waals surface area contributed by atoms with Crippen molar-refractivity contribution >= 4 is 44.8 Å². The van der Waals surface area contributed by atoms with Crippen molar-refractivity contribution in [3.8, 4) is 6.07 Å². The molecule has 2 heterocycles. The van der Waals surface area contributed by atoms with Crippen LogP contribution >= 0.6 is 33.9 Å². The van der Waals surface area contributed by atoms with Crippen LogP contribution < -0.4 is 5.32 Å². The lowest BCUT2D eigenvalue weighted by Crippen LogP contribution is -2.14. The molecule has 1 unspecified atom stereocenters. The van der Waals surface area contributed by atoms with Crippen molar-refractivity contribution < 1.29 is 4.79 Å². The monoisotopic (exact) mass is 426 g/mol. The van der Waals surface area contributed by atoms with E-state index in [1.165, 1.54) is 16.2 Å². The molecule has 22 heavy (non-hydrogen) atoms. The van der Waals surface area contributed by atoms with Crippen LogP contribution in [-0.4, -0.2) is 15.7 Å². The predicted octanol–water partition coefficient (Wildman–Crippen LogP) is 3.33. The van der Waals surface area contributed by atoms with Crippen LogP contribution in [0.25, 0.3) is 0 Å². The highest BCUT2D eigenvalue weighted by molar-refractivity contribution is 14.1. The van der Waals surface area contributed by atoms with Crippen molar-refractivity contribution in [3.05, 3.63) is 31.5 Å². The zero-order valence-corrected chi connectivity index (χ0v) is 15.3. The second-order valence-corrected chi connectivity index (χ2v) is 7.89. The number of rotatable bonds is 2. The summed E-state index contributed by atoms with van der Waals surface area (Å²) >= 11 is 3.63. The molecule has 1 aliphatic carbocycles. The molecular formula is C15H15IN4OS. The zero-order valence-electron chi connectivity index (χ0n) is 12.3. The van der Waals surface area contributed by atoms with E-state index >= 15 is 0 Å². The lowest BCUT2D eigenvalue weighted by atomic mass is 9.89. The van der Waals surface area contributed by atoms with Crippen molar-refractivity contribution in [2.24, 2.45) is 13.0 Å². The molecule has 1 N–H and O–H groups in total. The fourth-order valence-corrected chi connectivity index (χ4v) is 4.84. The Morgan fingerprint density at radius 2 is 2.41 bits per heavy atom. The van der Waals surface area contributed by atoms with Crippen LogP contribution in [0, 0.1) is 20.8 Å². The number of hydrogen-bond donors (Lipinski definition) is 1. The van der Waals surface area contributed by atoms with E-state index in [0.717, 1.165) is 28.4 Å². The van der Waals surface area contributed by atoms with Crippen LogP contribution in [0.15, 0.2) is 6.20 Å². The number of carbonyl (C=O) groups excluding carboxylic acids is 1. The topological polar surface area (TPSA) is 70.7 Å². The van der Waals surface area contributed by atoms with Crippen molar-refractivity contribution in [2.45, 2.75) is 26.2 Å². The second kappa shape index (κ2) is 6.01. The van der Waals surface area contributed by atoms with Crippen LogP contribution in [0.4, 0.5) is 5.00 Å². The number of aryl methyl sites for hydroxylation is 1. The quantitative estimate of drug-likeness (QED) is 0.749. The number of thiophene rings is 1. The number of nitrogens with zero attached hydrogens (tertiary/aromatic N) is 3. The molecule has 114 valence electrons. The summed E-state index contributed by atoms with van der Waals surface area (Å²) in [6.45, 7) is 2.23. The van der Waals surface area contributed by atoms with Gasteiger partial charge in [-0.05, 0) is 53.3 Å². The molecule has 5 nitrogen and oxygen atoms in total. The molecule has 0 radical (unpaired) electrons. The van der Waals surface area contributed by atoms with Gasteiger partial charge >= 0.3 is 0 Å². The van der Waals surface area contributed by atoms with Gasteiger partial charge in [-0.2, -0.15) is 10.4 Å². The van der Waals surface area contributed by atoms with Crippen LogP contribution in [0.2, 0.25) is 0 Å². The third-order valence-electron chi connectivity index (χ3n) is 3.85. The molecule has 3 rings (SSSR count). The standard InChI is InChI=1S/C15H15IN4OS/c1-8-3-4-9-10(6-17)15(22-12(9)5-8)18-14(21)13-11(16)7-20(2)19-13/h7-8H,3-5H2,1-2H3,(H,18,21). The molecule has 2 aromatic rings. The van der Waals surface area contributed by atoms with Crippen molar-refractivity contribution in [3.63, 3.8) is 0 Å². The average molecular weight is 426 g/mol. The van der Waals surface area contributed by atoms with Gasteiger partial charge in [-0.15, -0.1) is 11.3 Å². The lowest BCUT2D eigenvalue weighted by Gasteiger charge is -2.17. The Morgan fingerprint density at radius 1 is 1.64 bits per heavy atom. The first-order valence-corrected chi connectivity index (χ1v) is 8.94. The normalized spacial score (nSPS) is 16.9.